The zero-order valence-corrected chi connectivity index (χ0v) is 13.8. The fourth-order valence-electron chi connectivity index (χ4n) is 0. The van der Waals surface area contributed by atoms with Gasteiger partial charge in [0.1, 0.15) is 0 Å². The summed E-state index contributed by atoms with van der Waals surface area (Å²) in [4.78, 5) is 0. The van der Waals surface area contributed by atoms with Crippen molar-refractivity contribution in [3.8, 4) is 0 Å². The molecule has 13 heavy (non-hydrogen) atoms. The maximum atomic E-state index is 8.52. The predicted octanol–water partition coefficient (Wildman–Crippen LogP) is -10.7. The molecule has 0 aliphatic rings. The molecule has 0 saturated heterocycles. The van der Waals surface area contributed by atoms with Gasteiger partial charge in [-0.1, -0.05) is 0 Å². The summed E-state index contributed by atoms with van der Waals surface area (Å²) in [6, 6.07) is 0. The first-order valence-corrected chi connectivity index (χ1v) is 7.22. The smallest absolute Gasteiger partial charge is 0.216 e. The third kappa shape index (κ3) is 375. The SMILES string of the molecule is [O-][Br+2]([O-])[O-].[O-][Br+2]([O-])[O-].[O-][Br+2]([O-])[O-].[Pr]. The summed E-state index contributed by atoms with van der Waals surface area (Å²) in [5.41, 5.74) is 0. The van der Waals surface area contributed by atoms with Crippen molar-refractivity contribution in [2.75, 3.05) is 0 Å². The van der Waals surface area contributed by atoms with Gasteiger partial charge in [-0.2, -0.15) is 0 Å². The third-order valence-electron chi connectivity index (χ3n) is 0. The molecule has 0 saturated carbocycles. The molecule has 0 fully saturated rings. The Morgan fingerprint density at radius 1 is 0.385 bits per heavy atom. The molecule has 0 aliphatic heterocycles. The van der Waals surface area contributed by atoms with Crippen LogP contribution in [-0.4, -0.2) is 0 Å². The summed E-state index contributed by atoms with van der Waals surface area (Å²) in [7, 11) is 0. The maximum absolute atomic E-state index is 8.52. The fourth-order valence-corrected chi connectivity index (χ4v) is 0. The van der Waals surface area contributed by atoms with E-state index in [1.54, 1.807) is 0 Å². The van der Waals surface area contributed by atoms with Crippen molar-refractivity contribution in [2.45, 2.75) is 0 Å². The van der Waals surface area contributed by atoms with Crippen molar-refractivity contribution in [3.63, 3.8) is 0 Å². The molecule has 0 aromatic carbocycles. The Labute approximate surface area is 122 Å². The average Bonchev–Trinajstić information content (AvgIpc) is 1.54. The van der Waals surface area contributed by atoms with Crippen LogP contribution in [0.4, 0.5) is 0 Å². The first-order valence-electron chi connectivity index (χ1n) is 1.39. The van der Waals surface area contributed by atoms with Gasteiger partial charge in [-0.15, -0.1) is 0 Å². The van der Waals surface area contributed by atoms with Crippen LogP contribution < -0.4 is 37.8 Å². The van der Waals surface area contributed by atoms with E-state index < -0.39 is 44.4 Å². The van der Waals surface area contributed by atoms with Crippen LogP contribution in [0, 0.1) is 85.7 Å². The molecule has 0 aromatic heterocycles. The average molecular weight is 525 g/mol. The quantitative estimate of drug-likeness (QED) is 0.294. The molecule has 0 spiro atoms. The summed E-state index contributed by atoms with van der Waals surface area (Å²) in [6.45, 7) is 0. The van der Waals surface area contributed by atoms with E-state index in [1.807, 2.05) is 0 Å². The molecule has 0 bridgehead atoms. The van der Waals surface area contributed by atoms with E-state index in [1.165, 1.54) is 0 Å². The summed E-state index contributed by atoms with van der Waals surface area (Å²) in [5, 5.41) is 0. The second kappa shape index (κ2) is 19.9. The summed E-state index contributed by atoms with van der Waals surface area (Å²) in [5.74, 6) is 0. The van der Waals surface area contributed by atoms with E-state index in [4.69, 9.17) is 37.8 Å². The topological polar surface area (TPSA) is 208 Å². The summed E-state index contributed by atoms with van der Waals surface area (Å²) >= 11 is -10.9. The summed E-state index contributed by atoms with van der Waals surface area (Å²) < 4.78 is 76.7. The van der Waals surface area contributed by atoms with E-state index in [-0.39, 0.29) is 41.3 Å². The standard InChI is InChI=1S/3BrO3.Pr/c3*2-1(3)4;/q3*-1;. The normalized spacial score (nSPS) is 8.31. The second-order valence-electron chi connectivity index (χ2n) is 0.567. The fraction of sp³-hybridized carbons (Fsp3) is 0. The minimum atomic E-state index is -3.65. The zero-order chi connectivity index (χ0) is 10.7. The van der Waals surface area contributed by atoms with Crippen molar-refractivity contribution in [1.82, 2.24) is 0 Å². The number of hydrogen-bond donors (Lipinski definition) is 0. The molecule has 0 aliphatic carbocycles. The van der Waals surface area contributed by atoms with Gasteiger partial charge in [0, 0.05) is 41.3 Å². The number of hydrogen-bond acceptors (Lipinski definition) is 9. The Balaban J connectivity index is -0.0000000450. The van der Waals surface area contributed by atoms with Gasteiger partial charge in [0.15, 0.2) is 0 Å². The molecule has 0 aromatic rings. The van der Waals surface area contributed by atoms with Crippen molar-refractivity contribution in [1.29, 1.82) is 0 Å². The number of halogens is 3. The van der Waals surface area contributed by atoms with Crippen molar-refractivity contribution < 1.29 is 124 Å². The van der Waals surface area contributed by atoms with Crippen LogP contribution >= 0.6 is 0 Å². The summed E-state index contributed by atoms with van der Waals surface area (Å²) in [6.07, 6.45) is 0. The van der Waals surface area contributed by atoms with Crippen LogP contribution in [-0.2, 0) is 0 Å². The van der Waals surface area contributed by atoms with E-state index >= 15 is 0 Å². The Hall–Kier alpha value is 2.44. The molecule has 0 rings (SSSR count). The molecular weight excluding hydrogens is 525 g/mol. The van der Waals surface area contributed by atoms with Gasteiger partial charge in [0.2, 0.25) is 44.4 Å². The van der Waals surface area contributed by atoms with Gasteiger partial charge < -0.3 is 37.8 Å². The van der Waals surface area contributed by atoms with Gasteiger partial charge in [-0.3, -0.25) is 0 Å². The maximum Gasteiger partial charge on any atom is 0.216 e. The van der Waals surface area contributed by atoms with Gasteiger partial charge >= 0.3 is 0 Å². The first kappa shape index (κ1) is 24.6. The monoisotopic (exact) mass is 522 g/mol. The van der Waals surface area contributed by atoms with Crippen LogP contribution in [0.1, 0.15) is 0 Å². The Morgan fingerprint density at radius 2 is 0.385 bits per heavy atom. The van der Waals surface area contributed by atoms with Gasteiger partial charge in [-0.25, -0.2) is 0 Å². The third-order valence-corrected chi connectivity index (χ3v) is 0. The van der Waals surface area contributed by atoms with Crippen molar-refractivity contribution in [2.24, 2.45) is 0 Å². The number of rotatable bonds is 0. The van der Waals surface area contributed by atoms with Crippen molar-refractivity contribution >= 4 is 0 Å². The van der Waals surface area contributed by atoms with Crippen LogP contribution in [0.15, 0.2) is 0 Å². The van der Waals surface area contributed by atoms with Gasteiger partial charge in [0.05, 0.1) is 0 Å². The van der Waals surface area contributed by atoms with Crippen LogP contribution in [0.3, 0.4) is 0 Å². The molecule has 9 nitrogen and oxygen atoms in total. The van der Waals surface area contributed by atoms with Crippen LogP contribution in [0.25, 0.3) is 0 Å². The van der Waals surface area contributed by atoms with E-state index in [0.29, 0.717) is 0 Å². The molecule has 13 heteroatoms. The van der Waals surface area contributed by atoms with E-state index in [0.717, 1.165) is 0 Å². The molecular formula is Br3O9Pr-3. The van der Waals surface area contributed by atoms with E-state index in [9.17, 15) is 0 Å². The molecule has 0 N–H and O–H groups in total. The van der Waals surface area contributed by atoms with Crippen molar-refractivity contribution in [3.05, 3.63) is 0 Å². The minimum absolute atomic E-state index is 0. The zero-order valence-electron chi connectivity index (χ0n) is 5.39. The Morgan fingerprint density at radius 3 is 0.385 bits per heavy atom. The predicted molar refractivity (Wildman–Crippen MR) is 0 cm³/mol. The largest absolute Gasteiger partial charge is 0.405 e. The van der Waals surface area contributed by atoms with E-state index in [2.05, 4.69) is 0 Å². The molecule has 81 valence electrons. The van der Waals surface area contributed by atoms with Gasteiger partial charge in [-0.05, 0) is 0 Å². The molecule has 0 heterocycles. The Bertz CT molecular complexity index is 43.4. The van der Waals surface area contributed by atoms with Crippen LogP contribution in [0.5, 0.6) is 0 Å². The molecule has 0 unspecified atom stereocenters. The van der Waals surface area contributed by atoms with Gasteiger partial charge in [0.25, 0.3) is 0 Å². The second-order valence-corrected chi connectivity index (χ2v) is 2.95. The molecule has 1 radical (unpaired) electrons. The Kier molecular flexibility index (Phi) is 37.7. The first-order chi connectivity index (χ1) is 5.20. The molecule has 0 atom stereocenters. The molecule has 0 amide bonds. The minimum Gasteiger partial charge on any atom is -0.405 e. The van der Waals surface area contributed by atoms with Crippen LogP contribution in [0.2, 0.25) is 0 Å².